The molecule has 1 aromatic rings. The number of esters is 1. The summed E-state index contributed by atoms with van der Waals surface area (Å²) >= 11 is 0. The molecule has 1 fully saturated rings. The number of ether oxygens (including phenoxy) is 1. The Kier molecular flexibility index (Phi) is 3.57. The minimum absolute atomic E-state index is 0.235. The Bertz CT molecular complexity index is 370. The van der Waals surface area contributed by atoms with Crippen LogP contribution in [0.5, 0.6) is 0 Å². The predicted octanol–water partition coefficient (Wildman–Crippen LogP) is 1.63. The van der Waals surface area contributed by atoms with Crippen molar-refractivity contribution in [3.05, 3.63) is 35.4 Å². The second-order valence-electron chi connectivity index (χ2n) is 4.21. The third-order valence-corrected chi connectivity index (χ3v) is 3.09. The molecule has 0 saturated carbocycles. The average Bonchev–Trinajstić information content (AvgIpc) is 2.82. The van der Waals surface area contributed by atoms with Gasteiger partial charge in [0.25, 0.3) is 0 Å². The monoisotopic (exact) mass is 219 g/mol. The smallest absolute Gasteiger partial charge is 0.338 e. The summed E-state index contributed by atoms with van der Waals surface area (Å²) in [5.74, 6) is 0.410. The van der Waals surface area contributed by atoms with E-state index < -0.39 is 0 Å². The van der Waals surface area contributed by atoms with Crippen molar-refractivity contribution in [1.82, 2.24) is 5.32 Å². The van der Waals surface area contributed by atoms with Gasteiger partial charge in [-0.3, -0.25) is 0 Å². The number of methoxy groups -OCH3 is 1. The Hall–Kier alpha value is -1.35. The number of hydrogen-bond donors (Lipinski definition) is 1. The van der Waals surface area contributed by atoms with Gasteiger partial charge in [0.2, 0.25) is 0 Å². The van der Waals surface area contributed by atoms with Gasteiger partial charge in [0, 0.05) is 0 Å². The quantitative estimate of drug-likeness (QED) is 0.785. The van der Waals surface area contributed by atoms with Gasteiger partial charge in [-0.25, -0.2) is 4.79 Å². The molecule has 0 bridgehead atoms. The number of hydrogen-bond acceptors (Lipinski definition) is 3. The summed E-state index contributed by atoms with van der Waals surface area (Å²) in [6.07, 6.45) is 2.15. The summed E-state index contributed by atoms with van der Waals surface area (Å²) in [6.45, 7) is 2.14. The molecule has 0 unspecified atom stereocenters. The van der Waals surface area contributed by atoms with E-state index in [0.29, 0.717) is 11.5 Å². The molecule has 86 valence electrons. The minimum atomic E-state index is -0.235. The second kappa shape index (κ2) is 5.12. The van der Waals surface area contributed by atoms with Crippen molar-refractivity contribution >= 4 is 5.97 Å². The molecule has 0 aromatic heterocycles. The van der Waals surface area contributed by atoms with E-state index in [1.54, 1.807) is 0 Å². The SMILES string of the molecule is COC(=O)c1ccccc1C[C@H]1CCNC1. The number of benzene rings is 1. The molecule has 0 radical (unpaired) electrons. The molecule has 1 atom stereocenters. The largest absolute Gasteiger partial charge is 0.465 e. The first-order chi connectivity index (χ1) is 7.81. The van der Waals surface area contributed by atoms with Gasteiger partial charge >= 0.3 is 5.97 Å². The number of carbonyl (C=O) groups is 1. The van der Waals surface area contributed by atoms with Gasteiger partial charge in [-0.05, 0) is 43.5 Å². The third kappa shape index (κ3) is 2.42. The van der Waals surface area contributed by atoms with Crippen LogP contribution in [0.4, 0.5) is 0 Å². The lowest BCUT2D eigenvalue weighted by Gasteiger charge is -2.11. The maximum Gasteiger partial charge on any atom is 0.338 e. The molecular weight excluding hydrogens is 202 g/mol. The highest BCUT2D eigenvalue weighted by atomic mass is 16.5. The summed E-state index contributed by atoms with van der Waals surface area (Å²) in [6, 6.07) is 7.71. The minimum Gasteiger partial charge on any atom is -0.465 e. The zero-order valence-corrected chi connectivity index (χ0v) is 9.53. The second-order valence-corrected chi connectivity index (χ2v) is 4.21. The van der Waals surface area contributed by atoms with Crippen LogP contribution in [-0.2, 0) is 11.2 Å². The van der Waals surface area contributed by atoms with E-state index in [9.17, 15) is 4.79 Å². The molecular formula is C13H17NO2. The molecule has 0 spiro atoms. The summed E-state index contributed by atoms with van der Waals surface area (Å²) in [5, 5.41) is 3.34. The maximum absolute atomic E-state index is 11.6. The molecule has 3 nitrogen and oxygen atoms in total. The number of carbonyl (C=O) groups excluding carboxylic acids is 1. The Morgan fingerprint density at radius 2 is 2.31 bits per heavy atom. The summed E-state index contributed by atoms with van der Waals surface area (Å²) in [5.41, 5.74) is 1.81. The van der Waals surface area contributed by atoms with Crippen LogP contribution in [0.1, 0.15) is 22.3 Å². The fraction of sp³-hybridized carbons (Fsp3) is 0.462. The third-order valence-electron chi connectivity index (χ3n) is 3.09. The summed E-state index contributed by atoms with van der Waals surface area (Å²) in [7, 11) is 1.43. The fourth-order valence-electron chi connectivity index (χ4n) is 2.21. The first kappa shape index (κ1) is 11.1. The molecule has 1 aliphatic heterocycles. The van der Waals surface area contributed by atoms with E-state index in [2.05, 4.69) is 5.32 Å². The number of rotatable bonds is 3. The van der Waals surface area contributed by atoms with Gasteiger partial charge in [-0.15, -0.1) is 0 Å². The van der Waals surface area contributed by atoms with E-state index in [1.807, 2.05) is 24.3 Å². The van der Waals surface area contributed by atoms with Crippen LogP contribution in [0.25, 0.3) is 0 Å². The van der Waals surface area contributed by atoms with Crippen LogP contribution in [0.3, 0.4) is 0 Å². The maximum atomic E-state index is 11.6. The molecule has 1 aliphatic rings. The molecule has 1 saturated heterocycles. The highest BCUT2D eigenvalue weighted by Crippen LogP contribution is 2.18. The highest BCUT2D eigenvalue weighted by molar-refractivity contribution is 5.90. The number of nitrogens with one attached hydrogen (secondary N) is 1. The lowest BCUT2D eigenvalue weighted by atomic mass is 9.95. The van der Waals surface area contributed by atoms with Crippen molar-refractivity contribution in [1.29, 1.82) is 0 Å². The molecule has 2 rings (SSSR count). The van der Waals surface area contributed by atoms with Crippen molar-refractivity contribution in [3.8, 4) is 0 Å². The van der Waals surface area contributed by atoms with Crippen LogP contribution in [0, 0.1) is 5.92 Å². The van der Waals surface area contributed by atoms with E-state index >= 15 is 0 Å². The zero-order chi connectivity index (χ0) is 11.4. The van der Waals surface area contributed by atoms with Gasteiger partial charge in [-0.1, -0.05) is 18.2 Å². The van der Waals surface area contributed by atoms with Crippen LogP contribution in [0.2, 0.25) is 0 Å². The van der Waals surface area contributed by atoms with Crippen molar-refractivity contribution < 1.29 is 9.53 Å². The van der Waals surface area contributed by atoms with Gasteiger partial charge < -0.3 is 10.1 Å². The highest BCUT2D eigenvalue weighted by Gasteiger charge is 2.18. The first-order valence-corrected chi connectivity index (χ1v) is 5.68. The Labute approximate surface area is 95.8 Å². The van der Waals surface area contributed by atoms with Crippen molar-refractivity contribution in [2.45, 2.75) is 12.8 Å². The van der Waals surface area contributed by atoms with Gasteiger partial charge in [0.1, 0.15) is 0 Å². The van der Waals surface area contributed by atoms with Crippen LogP contribution >= 0.6 is 0 Å². The molecule has 16 heavy (non-hydrogen) atoms. The average molecular weight is 219 g/mol. The van der Waals surface area contributed by atoms with Crippen molar-refractivity contribution in [3.63, 3.8) is 0 Å². The Morgan fingerprint density at radius 1 is 1.50 bits per heavy atom. The summed E-state index contributed by atoms with van der Waals surface area (Å²) in [4.78, 5) is 11.6. The van der Waals surface area contributed by atoms with Gasteiger partial charge in [0.15, 0.2) is 0 Å². The standard InChI is InChI=1S/C13H17NO2/c1-16-13(15)12-5-3-2-4-11(12)8-10-6-7-14-9-10/h2-5,10,14H,6-9H2,1H3/t10-/m1/s1. The normalized spacial score (nSPS) is 19.7. The van der Waals surface area contributed by atoms with Crippen LogP contribution in [-0.4, -0.2) is 26.2 Å². The van der Waals surface area contributed by atoms with Crippen LogP contribution < -0.4 is 5.32 Å². The van der Waals surface area contributed by atoms with E-state index in [-0.39, 0.29) is 5.97 Å². The topological polar surface area (TPSA) is 38.3 Å². The molecule has 3 heteroatoms. The van der Waals surface area contributed by atoms with Crippen LogP contribution in [0.15, 0.2) is 24.3 Å². The van der Waals surface area contributed by atoms with Gasteiger partial charge in [0.05, 0.1) is 12.7 Å². The lowest BCUT2D eigenvalue weighted by molar-refractivity contribution is 0.0599. The lowest BCUT2D eigenvalue weighted by Crippen LogP contribution is -2.13. The summed E-state index contributed by atoms with van der Waals surface area (Å²) < 4.78 is 4.79. The van der Waals surface area contributed by atoms with E-state index in [0.717, 1.165) is 25.1 Å². The van der Waals surface area contributed by atoms with Crippen molar-refractivity contribution in [2.24, 2.45) is 5.92 Å². The van der Waals surface area contributed by atoms with Crippen molar-refractivity contribution in [2.75, 3.05) is 20.2 Å². The van der Waals surface area contributed by atoms with Gasteiger partial charge in [-0.2, -0.15) is 0 Å². The predicted molar refractivity (Wildman–Crippen MR) is 62.5 cm³/mol. The molecule has 1 N–H and O–H groups in total. The molecule has 0 aliphatic carbocycles. The zero-order valence-electron chi connectivity index (χ0n) is 9.53. The van der Waals surface area contributed by atoms with E-state index in [1.165, 1.54) is 13.5 Å². The molecule has 1 aromatic carbocycles. The fourth-order valence-corrected chi connectivity index (χ4v) is 2.21. The Morgan fingerprint density at radius 3 is 3.00 bits per heavy atom. The first-order valence-electron chi connectivity index (χ1n) is 5.68. The molecule has 0 amide bonds. The Balaban J connectivity index is 2.15. The molecule has 1 heterocycles. The van der Waals surface area contributed by atoms with E-state index in [4.69, 9.17) is 4.74 Å².